The van der Waals surface area contributed by atoms with Gasteiger partial charge in [-0.2, -0.15) is 5.10 Å². The van der Waals surface area contributed by atoms with Gasteiger partial charge in [0.05, 0.1) is 12.2 Å². The Bertz CT molecular complexity index is 524. The normalized spacial score (nSPS) is 12.7. The van der Waals surface area contributed by atoms with E-state index in [9.17, 15) is 0 Å². The van der Waals surface area contributed by atoms with Crippen LogP contribution in [-0.2, 0) is 7.05 Å². The molecule has 0 saturated carbocycles. The van der Waals surface area contributed by atoms with Crippen LogP contribution in [0.15, 0.2) is 35.1 Å². The van der Waals surface area contributed by atoms with Gasteiger partial charge < -0.3 is 5.32 Å². The van der Waals surface area contributed by atoms with Crippen LogP contribution in [0, 0.1) is 3.57 Å². The highest BCUT2D eigenvalue weighted by Gasteiger charge is 2.16. The molecule has 1 aromatic carbocycles. The Kier molecular flexibility index (Phi) is 4.22. The Morgan fingerprint density at radius 1 is 1.47 bits per heavy atom. The van der Waals surface area contributed by atoms with E-state index in [1.807, 2.05) is 31.2 Å². The minimum atomic E-state index is 0.160. The predicted molar refractivity (Wildman–Crippen MR) is 81.0 cm³/mol. The van der Waals surface area contributed by atoms with Crippen molar-refractivity contribution in [2.24, 2.45) is 7.05 Å². The summed E-state index contributed by atoms with van der Waals surface area (Å²) in [6.07, 6.45) is 3.93. The summed E-state index contributed by atoms with van der Waals surface area (Å²) in [4.78, 5) is 0. The van der Waals surface area contributed by atoms with Gasteiger partial charge in [0.25, 0.3) is 0 Å². The molecule has 0 spiro atoms. The van der Waals surface area contributed by atoms with E-state index < -0.39 is 0 Å². The monoisotopic (exact) mass is 405 g/mol. The third-order valence-electron chi connectivity index (χ3n) is 2.62. The molecule has 2 aromatic rings. The molecule has 1 aromatic heterocycles. The van der Waals surface area contributed by atoms with E-state index in [-0.39, 0.29) is 6.04 Å². The highest BCUT2D eigenvalue weighted by molar-refractivity contribution is 14.1. The van der Waals surface area contributed by atoms with E-state index in [1.54, 1.807) is 0 Å². The molecule has 0 aliphatic rings. The number of rotatable bonds is 3. The van der Waals surface area contributed by atoms with Crippen molar-refractivity contribution in [1.29, 1.82) is 0 Å². The summed E-state index contributed by atoms with van der Waals surface area (Å²) in [5.74, 6) is 0. The zero-order valence-corrected chi connectivity index (χ0v) is 13.4. The Labute approximate surface area is 123 Å². The topological polar surface area (TPSA) is 29.9 Å². The fourth-order valence-electron chi connectivity index (χ4n) is 1.83. The lowest BCUT2D eigenvalue weighted by Crippen LogP contribution is -2.17. The third kappa shape index (κ3) is 2.89. The van der Waals surface area contributed by atoms with Gasteiger partial charge in [0.15, 0.2) is 0 Å². The molecule has 0 bridgehead atoms. The summed E-state index contributed by atoms with van der Waals surface area (Å²) < 4.78 is 4.16. The molecule has 1 heterocycles. The molecule has 1 N–H and O–H groups in total. The highest BCUT2D eigenvalue weighted by atomic mass is 127. The van der Waals surface area contributed by atoms with Crippen molar-refractivity contribution < 1.29 is 0 Å². The minimum absolute atomic E-state index is 0.160. The molecule has 0 radical (unpaired) electrons. The number of benzene rings is 1. The molecule has 17 heavy (non-hydrogen) atoms. The van der Waals surface area contributed by atoms with E-state index in [1.165, 1.54) is 9.13 Å². The van der Waals surface area contributed by atoms with E-state index in [4.69, 9.17) is 0 Å². The van der Waals surface area contributed by atoms with Crippen molar-refractivity contribution in [3.63, 3.8) is 0 Å². The van der Waals surface area contributed by atoms with Gasteiger partial charge in [-0.05, 0) is 53.4 Å². The van der Waals surface area contributed by atoms with Crippen LogP contribution in [0.1, 0.15) is 17.2 Å². The number of nitrogens with one attached hydrogen (secondary N) is 1. The Morgan fingerprint density at radius 3 is 2.82 bits per heavy atom. The van der Waals surface area contributed by atoms with Crippen LogP contribution in [-0.4, -0.2) is 16.8 Å². The molecule has 0 fully saturated rings. The van der Waals surface area contributed by atoms with Crippen molar-refractivity contribution in [3.8, 4) is 0 Å². The number of hydrogen-bond donors (Lipinski definition) is 1. The van der Waals surface area contributed by atoms with E-state index in [2.05, 4.69) is 67.1 Å². The molecule has 5 heteroatoms. The zero-order chi connectivity index (χ0) is 12.4. The second kappa shape index (κ2) is 5.49. The van der Waals surface area contributed by atoms with Gasteiger partial charge in [0, 0.05) is 26.9 Å². The van der Waals surface area contributed by atoms with Gasteiger partial charge in [-0.15, -0.1) is 0 Å². The standard InChI is InChI=1S/C12H13BrIN3/c1-15-12(8-6-16-17(2)7-8)10-5-9(14)3-4-11(10)13/h3-7,12,15H,1-2H3. The SMILES string of the molecule is CNC(c1cnn(C)c1)c1cc(I)ccc1Br. The maximum absolute atomic E-state index is 4.22. The van der Waals surface area contributed by atoms with Gasteiger partial charge in [0.1, 0.15) is 0 Å². The predicted octanol–water partition coefficient (Wildman–Crippen LogP) is 3.10. The molecule has 90 valence electrons. The highest BCUT2D eigenvalue weighted by Crippen LogP contribution is 2.29. The molecular weight excluding hydrogens is 393 g/mol. The molecule has 3 nitrogen and oxygen atoms in total. The molecule has 0 amide bonds. The second-order valence-corrected chi connectivity index (χ2v) is 5.93. The molecule has 2 rings (SSSR count). The van der Waals surface area contributed by atoms with Crippen molar-refractivity contribution in [2.75, 3.05) is 7.05 Å². The minimum Gasteiger partial charge on any atom is -0.309 e. The zero-order valence-electron chi connectivity index (χ0n) is 9.61. The molecule has 0 aliphatic carbocycles. The summed E-state index contributed by atoms with van der Waals surface area (Å²) in [7, 11) is 3.89. The van der Waals surface area contributed by atoms with Crippen LogP contribution in [0.3, 0.4) is 0 Å². The number of aryl methyl sites for hydroxylation is 1. The van der Waals surface area contributed by atoms with Crippen molar-refractivity contribution in [3.05, 3.63) is 49.8 Å². The quantitative estimate of drug-likeness (QED) is 0.795. The summed E-state index contributed by atoms with van der Waals surface area (Å²) >= 11 is 5.93. The van der Waals surface area contributed by atoms with Crippen LogP contribution in [0.2, 0.25) is 0 Å². The van der Waals surface area contributed by atoms with Gasteiger partial charge in [-0.25, -0.2) is 0 Å². The van der Waals surface area contributed by atoms with Crippen LogP contribution >= 0.6 is 38.5 Å². The Balaban J connectivity index is 2.45. The van der Waals surface area contributed by atoms with Crippen molar-refractivity contribution >= 4 is 38.5 Å². The smallest absolute Gasteiger partial charge is 0.0616 e. The first-order valence-electron chi connectivity index (χ1n) is 5.22. The average Bonchev–Trinajstić information content (AvgIpc) is 2.71. The largest absolute Gasteiger partial charge is 0.309 e. The van der Waals surface area contributed by atoms with Gasteiger partial charge >= 0.3 is 0 Å². The third-order valence-corrected chi connectivity index (χ3v) is 4.01. The molecule has 0 saturated heterocycles. The summed E-state index contributed by atoms with van der Waals surface area (Å²) in [6, 6.07) is 6.51. The van der Waals surface area contributed by atoms with Crippen LogP contribution in [0.5, 0.6) is 0 Å². The summed E-state index contributed by atoms with van der Waals surface area (Å²) in [6.45, 7) is 0. The van der Waals surface area contributed by atoms with E-state index in [0.717, 1.165) is 10.0 Å². The Hall–Kier alpha value is -0.400. The molecular formula is C12H13BrIN3. The van der Waals surface area contributed by atoms with Crippen LogP contribution in [0.25, 0.3) is 0 Å². The number of halogens is 2. The lowest BCUT2D eigenvalue weighted by Gasteiger charge is -2.17. The maximum atomic E-state index is 4.22. The van der Waals surface area contributed by atoms with Gasteiger partial charge in [0.2, 0.25) is 0 Å². The maximum Gasteiger partial charge on any atom is 0.0616 e. The van der Waals surface area contributed by atoms with E-state index in [0.29, 0.717) is 0 Å². The lowest BCUT2D eigenvalue weighted by molar-refractivity contribution is 0.686. The van der Waals surface area contributed by atoms with E-state index >= 15 is 0 Å². The van der Waals surface area contributed by atoms with Crippen molar-refractivity contribution in [1.82, 2.24) is 15.1 Å². The van der Waals surface area contributed by atoms with Gasteiger partial charge in [-0.3, -0.25) is 4.68 Å². The lowest BCUT2D eigenvalue weighted by atomic mass is 10.0. The molecule has 0 aliphatic heterocycles. The van der Waals surface area contributed by atoms with Crippen LogP contribution < -0.4 is 5.32 Å². The first-order chi connectivity index (χ1) is 8.11. The number of nitrogens with zero attached hydrogens (tertiary/aromatic N) is 2. The van der Waals surface area contributed by atoms with Crippen LogP contribution in [0.4, 0.5) is 0 Å². The Morgan fingerprint density at radius 2 is 2.24 bits per heavy atom. The molecule has 1 atom stereocenters. The summed E-state index contributed by atoms with van der Waals surface area (Å²) in [5.41, 5.74) is 2.39. The fourth-order valence-corrected chi connectivity index (χ4v) is 2.82. The second-order valence-electron chi connectivity index (χ2n) is 3.83. The number of aromatic nitrogens is 2. The first kappa shape index (κ1) is 13.0. The van der Waals surface area contributed by atoms with Gasteiger partial charge in [-0.1, -0.05) is 15.9 Å². The average molecular weight is 406 g/mol. The first-order valence-corrected chi connectivity index (χ1v) is 7.09. The molecule has 1 unspecified atom stereocenters. The number of hydrogen-bond acceptors (Lipinski definition) is 2. The fraction of sp³-hybridized carbons (Fsp3) is 0.250. The van der Waals surface area contributed by atoms with Crippen molar-refractivity contribution in [2.45, 2.75) is 6.04 Å². The summed E-state index contributed by atoms with van der Waals surface area (Å²) in [5, 5.41) is 7.55.